The molecule has 0 radical (unpaired) electrons. The molecule has 0 atom stereocenters. The summed E-state index contributed by atoms with van der Waals surface area (Å²) in [6.45, 7) is 4.71. The molecule has 3 aromatic rings. The molecule has 0 saturated carbocycles. The lowest BCUT2D eigenvalue weighted by Crippen LogP contribution is -2.13. The van der Waals surface area contributed by atoms with Gasteiger partial charge in [0.2, 0.25) is 5.13 Å². The van der Waals surface area contributed by atoms with E-state index in [0.29, 0.717) is 18.1 Å². The van der Waals surface area contributed by atoms with Crippen LogP contribution in [0.25, 0.3) is 0 Å². The van der Waals surface area contributed by atoms with Crippen LogP contribution in [0.3, 0.4) is 0 Å². The Morgan fingerprint density at radius 2 is 2.15 bits per heavy atom. The fourth-order valence-electron chi connectivity index (χ4n) is 2.82. The van der Waals surface area contributed by atoms with Gasteiger partial charge in [0.05, 0.1) is 6.61 Å². The standard InChI is InChI=1S/C19H18FN3O2S2/c1-11-4-3-5-16(12(11)2)21-18-22-23-19(27-18)26-9-14-7-15(20)6-13-8-24-10-25-17(13)14/h3-7H,8-10H2,1-2H3,(H,21,22). The molecule has 1 aromatic heterocycles. The summed E-state index contributed by atoms with van der Waals surface area (Å²) >= 11 is 2.98. The molecule has 4 rings (SSSR count). The van der Waals surface area contributed by atoms with Gasteiger partial charge in [-0.15, -0.1) is 10.2 Å². The number of nitrogens with zero attached hydrogens (tertiary/aromatic N) is 2. The predicted octanol–water partition coefficient (Wildman–Crippen LogP) is 5.20. The summed E-state index contributed by atoms with van der Waals surface area (Å²) < 4.78 is 25.4. The SMILES string of the molecule is Cc1cccc(Nc2nnc(SCc3cc(F)cc4c3OCOC4)s2)c1C. The fourth-order valence-corrected chi connectivity index (χ4v) is 4.55. The van der Waals surface area contributed by atoms with Gasteiger partial charge in [-0.1, -0.05) is 35.2 Å². The summed E-state index contributed by atoms with van der Waals surface area (Å²) in [7, 11) is 0. The van der Waals surface area contributed by atoms with Crippen molar-refractivity contribution in [3.8, 4) is 5.75 Å². The van der Waals surface area contributed by atoms with Crippen molar-refractivity contribution in [3.05, 3.63) is 58.4 Å². The van der Waals surface area contributed by atoms with E-state index in [9.17, 15) is 4.39 Å². The van der Waals surface area contributed by atoms with Gasteiger partial charge in [0.25, 0.3) is 0 Å². The first-order valence-electron chi connectivity index (χ1n) is 8.41. The molecule has 0 aliphatic carbocycles. The lowest BCUT2D eigenvalue weighted by atomic mass is 10.1. The quantitative estimate of drug-likeness (QED) is 0.591. The van der Waals surface area contributed by atoms with Gasteiger partial charge in [-0.25, -0.2) is 4.39 Å². The summed E-state index contributed by atoms with van der Waals surface area (Å²) in [5.74, 6) is 0.986. The van der Waals surface area contributed by atoms with Gasteiger partial charge in [-0.05, 0) is 43.2 Å². The van der Waals surface area contributed by atoms with Crippen LogP contribution in [0.2, 0.25) is 0 Å². The van der Waals surface area contributed by atoms with Crippen LogP contribution in [0, 0.1) is 19.7 Å². The van der Waals surface area contributed by atoms with Gasteiger partial charge >= 0.3 is 0 Å². The maximum atomic E-state index is 13.8. The molecule has 0 spiro atoms. The Morgan fingerprint density at radius 3 is 3.04 bits per heavy atom. The van der Waals surface area contributed by atoms with Gasteiger partial charge in [0.15, 0.2) is 11.1 Å². The van der Waals surface area contributed by atoms with Crippen LogP contribution in [0.5, 0.6) is 5.75 Å². The van der Waals surface area contributed by atoms with Crippen molar-refractivity contribution in [2.75, 3.05) is 12.1 Å². The molecular weight excluding hydrogens is 385 g/mol. The number of rotatable bonds is 5. The molecule has 8 heteroatoms. The van der Waals surface area contributed by atoms with Crippen LogP contribution in [-0.4, -0.2) is 17.0 Å². The van der Waals surface area contributed by atoms with E-state index in [4.69, 9.17) is 9.47 Å². The average Bonchev–Trinajstić information content (AvgIpc) is 3.11. The summed E-state index contributed by atoms with van der Waals surface area (Å²) in [4.78, 5) is 0. The minimum absolute atomic E-state index is 0.193. The van der Waals surface area contributed by atoms with Gasteiger partial charge in [0.1, 0.15) is 11.6 Å². The zero-order valence-electron chi connectivity index (χ0n) is 14.9. The lowest BCUT2D eigenvalue weighted by molar-refractivity contribution is -0.0171. The lowest BCUT2D eigenvalue weighted by Gasteiger charge is -2.20. The minimum Gasteiger partial charge on any atom is -0.467 e. The molecule has 0 fully saturated rings. The smallest absolute Gasteiger partial charge is 0.210 e. The van der Waals surface area contributed by atoms with Gasteiger partial charge in [-0.3, -0.25) is 0 Å². The molecule has 140 valence electrons. The second kappa shape index (κ2) is 7.84. The number of fused-ring (bicyclic) bond motifs is 1. The van der Waals surface area contributed by atoms with Gasteiger partial charge < -0.3 is 14.8 Å². The third-order valence-corrected chi connectivity index (χ3v) is 6.38. The number of thioether (sulfide) groups is 1. The van der Waals surface area contributed by atoms with E-state index in [2.05, 4.69) is 35.4 Å². The molecule has 1 N–H and O–H groups in total. The Balaban J connectivity index is 1.46. The van der Waals surface area contributed by atoms with Crippen LogP contribution < -0.4 is 10.1 Å². The van der Waals surface area contributed by atoms with Crippen molar-refractivity contribution in [2.24, 2.45) is 0 Å². The molecule has 5 nitrogen and oxygen atoms in total. The molecule has 0 saturated heterocycles. The fraction of sp³-hybridized carbons (Fsp3) is 0.263. The molecular formula is C19H18FN3O2S2. The predicted molar refractivity (Wildman–Crippen MR) is 105 cm³/mol. The van der Waals surface area contributed by atoms with E-state index in [1.807, 2.05) is 12.1 Å². The van der Waals surface area contributed by atoms with E-state index in [1.165, 1.54) is 46.4 Å². The van der Waals surface area contributed by atoms with Gasteiger partial charge in [-0.2, -0.15) is 0 Å². The number of ether oxygens (including phenoxy) is 2. The molecule has 0 amide bonds. The summed E-state index contributed by atoms with van der Waals surface area (Å²) in [5.41, 5.74) is 4.98. The number of hydrogen-bond acceptors (Lipinski definition) is 7. The largest absolute Gasteiger partial charge is 0.467 e. The monoisotopic (exact) mass is 403 g/mol. The molecule has 1 aliphatic heterocycles. The highest BCUT2D eigenvalue weighted by Gasteiger charge is 2.18. The molecule has 0 bridgehead atoms. The summed E-state index contributed by atoms with van der Waals surface area (Å²) in [6, 6.07) is 9.08. The molecule has 2 heterocycles. The number of aromatic nitrogens is 2. The van der Waals surface area contributed by atoms with Crippen molar-refractivity contribution in [3.63, 3.8) is 0 Å². The van der Waals surface area contributed by atoms with Crippen LogP contribution in [0.1, 0.15) is 22.3 Å². The Bertz CT molecular complexity index is 978. The average molecular weight is 404 g/mol. The van der Waals surface area contributed by atoms with Crippen molar-refractivity contribution < 1.29 is 13.9 Å². The van der Waals surface area contributed by atoms with Crippen LogP contribution >= 0.6 is 23.1 Å². The maximum Gasteiger partial charge on any atom is 0.210 e. The summed E-state index contributed by atoms with van der Waals surface area (Å²) in [6.07, 6.45) is 0. The topological polar surface area (TPSA) is 56.3 Å². The number of halogens is 1. The normalized spacial score (nSPS) is 13.1. The number of anilines is 2. The van der Waals surface area contributed by atoms with Crippen molar-refractivity contribution >= 4 is 33.9 Å². The molecule has 0 unspecified atom stereocenters. The molecule has 27 heavy (non-hydrogen) atoms. The second-order valence-corrected chi connectivity index (χ2v) is 8.40. The first-order valence-corrected chi connectivity index (χ1v) is 10.2. The zero-order valence-corrected chi connectivity index (χ0v) is 16.5. The van der Waals surface area contributed by atoms with E-state index in [0.717, 1.165) is 26.3 Å². The van der Waals surface area contributed by atoms with E-state index >= 15 is 0 Å². The molecule has 2 aromatic carbocycles. The van der Waals surface area contributed by atoms with Crippen molar-refractivity contribution in [1.29, 1.82) is 0 Å². The van der Waals surface area contributed by atoms with Crippen molar-refractivity contribution in [1.82, 2.24) is 10.2 Å². The van der Waals surface area contributed by atoms with E-state index in [1.54, 1.807) is 0 Å². The van der Waals surface area contributed by atoms with E-state index < -0.39 is 0 Å². The number of hydrogen-bond donors (Lipinski definition) is 1. The Hall–Kier alpha value is -2.16. The highest BCUT2D eigenvalue weighted by atomic mass is 32.2. The van der Waals surface area contributed by atoms with Gasteiger partial charge in [0, 0.05) is 22.6 Å². The van der Waals surface area contributed by atoms with Crippen LogP contribution in [0.15, 0.2) is 34.7 Å². The zero-order chi connectivity index (χ0) is 18.8. The highest BCUT2D eigenvalue weighted by Crippen LogP contribution is 2.36. The number of nitrogens with one attached hydrogen (secondary N) is 1. The maximum absolute atomic E-state index is 13.8. The van der Waals surface area contributed by atoms with Crippen LogP contribution in [-0.2, 0) is 17.1 Å². The Labute approximate surface area is 164 Å². The third kappa shape index (κ3) is 4.07. The first kappa shape index (κ1) is 18.2. The van der Waals surface area contributed by atoms with Crippen LogP contribution in [0.4, 0.5) is 15.2 Å². The number of aryl methyl sites for hydroxylation is 1. The summed E-state index contributed by atoms with van der Waals surface area (Å²) in [5, 5.41) is 12.5. The number of benzene rings is 2. The first-order chi connectivity index (χ1) is 13.1. The molecule has 1 aliphatic rings. The Kier molecular flexibility index (Phi) is 5.29. The highest BCUT2D eigenvalue weighted by molar-refractivity contribution is 8.00. The van der Waals surface area contributed by atoms with E-state index in [-0.39, 0.29) is 12.6 Å². The third-order valence-electron chi connectivity index (χ3n) is 4.36. The van der Waals surface area contributed by atoms with Crippen molar-refractivity contribution in [2.45, 2.75) is 30.5 Å². The Morgan fingerprint density at radius 1 is 1.26 bits per heavy atom. The minimum atomic E-state index is -0.284. The second-order valence-electron chi connectivity index (χ2n) is 6.20.